The van der Waals surface area contributed by atoms with Crippen molar-refractivity contribution in [3.8, 4) is 11.1 Å². The fourth-order valence-corrected chi connectivity index (χ4v) is 4.75. The summed E-state index contributed by atoms with van der Waals surface area (Å²) in [5.74, 6) is 1.21. The molecule has 0 bridgehead atoms. The molecule has 1 aromatic heterocycles. The SMILES string of the molecule is Cc1ccc(-c2cnn3c2N(Cc2ccccc2)C(c2ccccc2)CC3(C)C)cc1. The maximum Gasteiger partial charge on any atom is 0.136 e. The molecule has 156 valence electrons. The van der Waals surface area contributed by atoms with E-state index in [1.807, 2.05) is 6.20 Å². The zero-order valence-corrected chi connectivity index (χ0v) is 18.5. The Hall–Kier alpha value is -3.33. The van der Waals surface area contributed by atoms with Gasteiger partial charge in [0.25, 0.3) is 0 Å². The van der Waals surface area contributed by atoms with Crippen molar-refractivity contribution in [1.29, 1.82) is 0 Å². The monoisotopic (exact) mass is 407 g/mol. The normalized spacial score (nSPS) is 17.4. The van der Waals surface area contributed by atoms with Gasteiger partial charge in [-0.25, -0.2) is 4.68 Å². The lowest BCUT2D eigenvalue weighted by Gasteiger charge is -2.46. The third kappa shape index (κ3) is 3.65. The van der Waals surface area contributed by atoms with Gasteiger partial charge in [-0.05, 0) is 43.9 Å². The van der Waals surface area contributed by atoms with Gasteiger partial charge in [-0.15, -0.1) is 0 Å². The van der Waals surface area contributed by atoms with Gasteiger partial charge in [0.1, 0.15) is 5.82 Å². The summed E-state index contributed by atoms with van der Waals surface area (Å²) in [5.41, 5.74) is 6.28. The van der Waals surface area contributed by atoms with Crippen LogP contribution in [0.15, 0.2) is 91.1 Å². The average molecular weight is 408 g/mol. The molecule has 1 aliphatic heterocycles. The molecular weight excluding hydrogens is 378 g/mol. The van der Waals surface area contributed by atoms with Gasteiger partial charge >= 0.3 is 0 Å². The second-order valence-corrected chi connectivity index (χ2v) is 9.22. The summed E-state index contributed by atoms with van der Waals surface area (Å²) >= 11 is 0. The highest BCUT2D eigenvalue weighted by atomic mass is 15.4. The molecule has 0 N–H and O–H groups in total. The molecule has 0 amide bonds. The Labute approximate surface area is 185 Å². The molecule has 0 radical (unpaired) electrons. The highest BCUT2D eigenvalue weighted by Crippen LogP contribution is 2.47. The lowest BCUT2D eigenvalue weighted by molar-refractivity contribution is 0.239. The maximum absolute atomic E-state index is 4.90. The van der Waals surface area contributed by atoms with Crippen LogP contribution in [0.25, 0.3) is 11.1 Å². The van der Waals surface area contributed by atoms with Gasteiger partial charge in [-0.1, -0.05) is 90.5 Å². The fraction of sp³-hybridized carbons (Fsp3) is 0.250. The number of benzene rings is 3. The second-order valence-electron chi connectivity index (χ2n) is 9.22. The molecular formula is C28H29N3. The Kier molecular flexibility index (Phi) is 4.90. The van der Waals surface area contributed by atoms with Gasteiger partial charge in [0.2, 0.25) is 0 Å². The van der Waals surface area contributed by atoms with Crippen LogP contribution < -0.4 is 4.90 Å². The summed E-state index contributed by atoms with van der Waals surface area (Å²) in [6.45, 7) is 7.59. The Morgan fingerprint density at radius 3 is 2.19 bits per heavy atom. The number of hydrogen-bond acceptors (Lipinski definition) is 2. The molecule has 3 nitrogen and oxygen atoms in total. The minimum absolute atomic E-state index is 0.0774. The number of nitrogens with zero attached hydrogens (tertiary/aromatic N) is 3. The number of anilines is 1. The molecule has 3 heteroatoms. The van der Waals surface area contributed by atoms with Gasteiger partial charge in [-0.3, -0.25) is 0 Å². The molecule has 2 heterocycles. The predicted molar refractivity (Wildman–Crippen MR) is 128 cm³/mol. The molecule has 3 aromatic carbocycles. The zero-order chi connectivity index (χ0) is 21.4. The van der Waals surface area contributed by atoms with E-state index in [2.05, 4.69) is 115 Å². The zero-order valence-electron chi connectivity index (χ0n) is 18.5. The number of aromatic nitrogens is 2. The predicted octanol–water partition coefficient (Wildman–Crippen LogP) is 6.75. The molecule has 0 fully saturated rings. The Bertz CT molecular complexity index is 1160. The molecule has 5 rings (SSSR count). The van der Waals surface area contributed by atoms with E-state index in [4.69, 9.17) is 5.10 Å². The van der Waals surface area contributed by atoms with E-state index >= 15 is 0 Å². The standard InChI is InChI=1S/C28H29N3/c1-21-14-16-23(17-15-21)25-19-29-31-27(25)30(20-22-10-6-4-7-11-22)26(18-28(31,2)3)24-12-8-5-9-13-24/h4-17,19,26H,18,20H2,1-3H3. The molecule has 1 atom stereocenters. The molecule has 0 saturated carbocycles. The Balaban J connectivity index is 1.69. The van der Waals surface area contributed by atoms with Gasteiger partial charge in [-0.2, -0.15) is 5.10 Å². The minimum atomic E-state index is -0.0774. The molecule has 0 saturated heterocycles. The Morgan fingerprint density at radius 2 is 1.52 bits per heavy atom. The molecule has 31 heavy (non-hydrogen) atoms. The van der Waals surface area contributed by atoms with Crippen LogP contribution >= 0.6 is 0 Å². The molecule has 1 unspecified atom stereocenters. The van der Waals surface area contributed by atoms with Crippen LogP contribution in [0.3, 0.4) is 0 Å². The lowest BCUT2D eigenvalue weighted by Crippen LogP contribution is -2.44. The van der Waals surface area contributed by atoms with Gasteiger partial charge in [0, 0.05) is 12.1 Å². The maximum atomic E-state index is 4.90. The van der Waals surface area contributed by atoms with Gasteiger partial charge in [0.15, 0.2) is 0 Å². The van der Waals surface area contributed by atoms with E-state index in [9.17, 15) is 0 Å². The van der Waals surface area contributed by atoms with Gasteiger partial charge < -0.3 is 4.90 Å². The highest BCUT2D eigenvalue weighted by Gasteiger charge is 2.40. The fourth-order valence-electron chi connectivity index (χ4n) is 4.75. The third-order valence-electron chi connectivity index (χ3n) is 6.40. The van der Waals surface area contributed by atoms with Crippen LogP contribution in [0.2, 0.25) is 0 Å². The summed E-state index contributed by atoms with van der Waals surface area (Å²) < 4.78 is 2.24. The van der Waals surface area contributed by atoms with Crippen LogP contribution in [0, 0.1) is 6.92 Å². The van der Waals surface area contributed by atoms with Crippen molar-refractivity contribution in [3.63, 3.8) is 0 Å². The first-order valence-corrected chi connectivity index (χ1v) is 11.0. The van der Waals surface area contributed by atoms with Crippen molar-refractivity contribution in [3.05, 3.63) is 108 Å². The number of aryl methyl sites for hydroxylation is 1. The summed E-state index contributed by atoms with van der Waals surface area (Å²) in [7, 11) is 0. The van der Waals surface area contributed by atoms with Crippen LogP contribution in [0.5, 0.6) is 0 Å². The smallest absolute Gasteiger partial charge is 0.136 e. The van der Waals surface area contributed by atoms with E-state index in [1.165, 1.54) is 33.6 Å². The van der Waals surface area contributed by atoms with Crippen LogP contribution in [0.1, 0.15) is 43.0 Å². The molecule has 0 spiro atoms. The Morgan fingerprint density at radius 1 is 0.871 bits per heavy atom. The molecule has 4 aromatic rings. The van der Waals surface area contributed by atoms with Crippen LogP contribution in [-0.4, -0.2) is 9.78 Å². The van der Waals surface area contributed by atoms with Crippen molar-refractivity contribution in [2.24, 2.45) is 0 Å². The average Bonchev–Trinajstić information content (AvgIpc) is 3.24. The van der Waals surface area contributed by atoms with Gasteiger partial charge in [0.05, 0.1) is 17.8 Å². The highest BCUT2D eigenvalue weighted by molar-refractivity contribution is 5.77. The minimum Gasteiger partial charge on any atom is -0.345 e. The largest absolute Gasteiger partial charge is 0.345 e. The van der Waals surface area contributed by atoms with E-state index in [1.54, 1.807) is 0 Å². The number of hydrogen-bond donors (Lipinski definition) is 0. The second kappa shape index (κ2) is 7.73. The summed E-state index contributed by atoms with van der Waals surface area (Å²) in [5, 5.41) is 4.90. The van der Waals surface area contributed by atoms with E-state index in [-0.39, 0.29) is 11.6 Å². The van der Waals surface area contributed by atoms with Crippen molar-refractivity contribution >= 4 is 5.82 Å². The van der Waals surface area contributed by atoms with Crippen LogP contribution in [-0.2, 0) is 12.1 Å². The third-order valence-corrected chi connectivity index (χ3v) is 6.40. The molecule has 0 aliphatic carbocycles. The number of rotatable bonds is 4. The van der Waals surface area contributed by atoms with Crippen LogP contribution in [0.4, 0.5) is 5.82 Å². The van der Waals surface area contributed by atoms with E-state index < -0.39 is 0 Å². The summed E-state index contributed by atoms with van der Waals surface area (Å²) in [4.78, 5) is 2.55. The van der Waals surface area contributed by atoms with Crippen molar-refractivity contribution in [1.82, 2.24) is 9.78 Å². The van der Waals surface area contributed by atoms with Crippen molar-refractivity contribution < 1.29 is 0 Å². The van der Waals surface area contributed by atoms with Crippen molar-refractivity contribution in [2.75, 3.05) is 4.90 Å². The lowest BCUT2D eigenvalue weighted by atomic mass is 9.87. The van der Waals surface area contributed by atoms with Crippen molar-refractivity contribution in [2.45, 2.75) is 45.3 Å². The molecule has 1 aliphatic rings. The summed E-state index contributed by atoms with van der Waals surface area (Å²) in [6, 6.07) is 30.8. The number of fused-ring (bicyclic) bond motifs is 1. The van der Waals surface area contributed by atoms with E-state index in [0.29, 0.717) is 0 Å². The first-order valence-electron chi connectivity index (χ1n) is 11.0. The first-order chi connectivity index (χ1) is 15.0. The topological polar surface area (TPSA) is 21.1 Å². The first kappa shape index (κ1) is 19.6. The van der Waals surface area contributed by atoms with E-state index in [0.717, 1.165) is 13.0 Å². The summed E-state index contributed by atoms with van der Waals surface area (Å²) in [6.07, 6.45) is 3.05. The quantitative estimate of drug-likeness (QED) is 0.373.